The van der Waals surface area contributed by atoms with Crippen LogP contribution in [0.15, 0.2) is 0 Å². The Morgan fingerprint density at radius 2 is 1.61 bits per heavy atom. The summed E-state index contributed by atoms with van der Waals surface area (Å²) in [5.74, 6) is -0.169. The molecular weight excluding hydrogens is 332 g/mol. The van der Waals surface area contributed by atoms with Crippen molar-refractivity contribution in [3.63, 3.8) is 0 Å². The molecule has 0 aromatic carbocycles. The van der Waals surface area contributed by atoms with Gasteiger partial charge < -0.3 is 35.6 Å². The van der Waals surface area contributed by atoms with E-state index in [0.29, 0.717) is 26.3 Å². The highest BCUT2D eigenvalue weighted by Gasteiger charge is 2.30. The predicted octanol–water partition coefficient (Wildman–Crippen LogP) is -4.33. The molecule has 1 rings (SSSR count). The SMILES string of the molecule is O=S(=O)(CCNCC(O)C(O)C(O)C(O)CO)N1CCOCC1. The molecule has 1 saturated heterocycles. The minimum atomic E-state index is -3.41. The third-order valence-electron chi connectivity index (χ3n) is 3.58. The standard InChI is InChI=1S/C12H26N2O8S/c15-8-10(17)12(19)11(18)9(16)7-13-1-6-23(20,21)14-2-4-22-5-3-14/h9-13,15-19H,1-8H2. The Morgan fingerprint density at radius 3 is 2.17 bits per heavy atom. The van der Waals surface area contributed by atoms with Crippen molar-refractivity contribution in [2.45, 2.75) is 24.4 Å². The fourth-order valence-electron chi connectivity index (χ4n) is 2.09. The van der Waals surface area contributed by atoms with Crippen molar-refractivity contribution in [3.05, 3.63) is 0 Å². The van der Waals surface area contributed by atoms with Crippen LogP contribution < -0.4 is 5.32 Å². The molecule has 4 atom stereocenters. The van der Waals surface area contributed by atoms with E-state index in [4.69, 9.17) is 9.84 Å². The van der Waals surface area contributed by atoms with Crippen molar-refractivity contribution in [1.82, 2.24) is 9.62 Å². The van der Waals surface area contributed by atoms with Crippen LogP contribution >= 0.6 is 0 Å². The molecule has 138 valence electrons. The number of ether oxygens (including phenoxy) is 1. The van der Waals surface area contributed by atoms with Crippen LogP contribution in [0.5, 0.6) is 0 Å². The number of morpholine rings is 1. The van der Waals surface area contributed by atoms with Crippen LogP contribution in [0, 0.1) is 0 Å². The summed E-state index contributed by atoms with van der Waals surface area (Å²) in [6.07, 6.45) is -6.35. The largest absolute Gasteiger partial charge is 0.394 e. The Labute approximate surface area is 135 Å². The molecule has 10 nitrogen and oxygen atoms in total. The van der Waals surface area contributed by atoms with Crippen LogP contribution in [0.4, 0.5) is 0 Å². The molecule has 0 aromatic rings. The summed E-state index contributed by atoms with van der Waals surface area (Å²) in [6, 6.07) is 0. The van der Waals surface area contributed by atoms with Gasteiger partial charge in [-0.2, -0.15) is 4.31 Å². The predicted molar refractivity (Wildman–Crippen MR) is 80.2 cm³/mol. The number of hydrogen-bond donors (Lipinski definition) is 6. The lowest BCUT2D eigenvalue weighted by Crippen LogP contribution is -2.49. The molecule has 0 aliphatic carbocycles. The number of aliphatic hydroxyl groups is 5. The quantitative estimate of drug-likeness (QED) is 0.212. The zero-order chi connectivity index (χ0) is 17.5. The molecule has 0 spiro atoms. The molecule has 1 heterocycles. The van der Waals surface area contributed by atoms with Crippen molar-refractivity contribution < 1.29 is 38.7 Å². The Morgan fingerprint density at radius 1 is 1.04 bits per heavy atom. The summed E-state index contributed by atoms with van der Waals surface area (Å²) < 4.78 is 30.5. The average Bonchev–Trinajstić information content (AvgIpc) is 2.57. The smallest absolute Gasteiger partial charge is 0.215 e. The molecule has 0 aromatic heterocycles. The number of rotatable bonds is 10. The monoisotopic (exact) mass is 358 g/mol. The number of sulfonamides is 1. The van der Waals surface area contributed by atoms with Gasteiger partial charge in [-0.25, -0.2) is 8.42 Å². The normalized spacial score (nSPS) is 22.5. The van der Waals surface area contributed by atoms with E-state index in [9.17, 15) is 28.8 Å². The third kappa shape index (κ3) is 6.57. The Balaban J connectivity index is 2.30. The first-order valence-corrected chi connectivity index (χ1v) is 9.00. The van der Waals surface area contributed by atoms with Gasteiger partial charge in [-0.05, 0) is 0 Å². The maximum Gasteiger partial charge on any atom is 0.215 e. The second-order valence-electron chi connectivity index (χ2n) is 5.33. The summed E-state index contributed by atoms with van der Waals surface area (Å²) >= 11 is 0. The number of nitrogens with zero attached hydrogens (tertiary/aromatic N) is 1. The van der Waals surface area contributed by atoms with E-state index < -0.39 is 41.0 Å². The minimum absolute atomic E-state index is 0.0577. The second-order valence-corrected chi connectivity index (χ2v) is 7.42. The van der Waals surface area contributed by atoms with Crippen LogP contribution in [0.25, 0.3) is 0 Å². The Bertz CT molecular complexity index is 429. The summed E-state index contributed by atoms with van der Waals surface area (Å²) in [4.78, 5) is 0. The van der Waals surface area contributed by atoms with Crippen LogP contribution in [-0.2, 0) is 14.8 Å². The van der Waals surface area contributed by atoms with E-state index in [-0.39, 0.29) is 18.8 Å². The highest BCUT2D eigenvalue weighted by molar-refractivity contribution is 7.89. The van der Waals surface area contributed by atoms with E-state index >= 15 is 0 Å². The third-order valence-corrected chi connectivity index (χ3v) is 5.45. The van der Waals surface area contributed by atoms with Gasteiger partial charge >= 0.3 is 0 Å². The van der Waals surface area contributed by atoms with Gasteiger partial charge in [0.25, 0.3) is 0 Å². The van der Waals surface area contributed by atoms with E-state index in [0.717, 1.165) is 0 Å². The van der Waals surface area contributed by atoms with Crippen molar-refractivity contribution >= 4 is 10.0 Å². The number of nitrogens with one attached hydrogen (secondary N) is 1. The first-order valence-electron chi connectivity index (χ1n) is 7.39. The first-order chi connectivity index (χ1) is 10.8. The molecule has 0 radical (unpaired) electrons. The molecule has 0 bridgehead atoms. The van der Waals surface area contributed by atoms with Gasteiger partial charge in [-0.3, -0.25) is 0 Å². The highest BCUT2D eigenvalue weighted by Crippen LogP contribution is 2.06. The Hall–Kier alpha value is -0.370. The number of aliphatic hydroxyl groups excluding tert-OH is 5. The van der Waals surface area contributed by atoms with Crippen molar-refractivity contribution in [1.29, 1.82) is 0 Å². The molecule has 11 heteroatoms. The molecule has 23 heavy (non-hydrogen) atoms. The van der Waals surface area contributed by atoms with Gasteiger partial charge in [-0.15, -0.1) is 0 Å². The topological polar surface area (TPSA) is 160 Å². The second kappa shape index (κ2) is 9.81. The average molecular weight is 358 g/mol. The van der Waals surface area contributed by atoms with Gasteiger partial charge in [0.15, 0.2) is 0 Å². The maximum atomic E-state index is 12.0. The van der Waals surface area contributed by atoms with Crippen molar-refractivity contribution in [2.75, 3.05) is 51.8 Å². The molecule has 0 saturated carbocycles. The number of hydrogen-bond acceptors (Lipinski definition) is 9. The van der Waals surface area contributed by atoms with Crippen molar-refractivity contribution in [3.8, 4) is 0 Å². The van der Waals surface area contributed by atoms with Gasteiger partial charge in [0.2, 0.25) is 10.0 Å². The zero-order valence-electron chi connectivity index (χ0n) is 12.8. The lowest BCUT2D eigenvalue weighted by atomic mass is 10.0. The molecule has 4 unspecified atom stereocenters. The lowest BCUT2D eigenvalue weighted by Gasteiger charge is -2.27. The lowest BCUT2D eigenvalue weighted by molar-refractivity contribution is -0.113. The molecule has 1 aliphatic heterocycles. The zero-order valence-corrected chi connectivity index (χ0v) is 13.6. The maximum absolute atomic E-state index is 12.0. The molecule has 0 amide bonds. The molecule has 1 aliphatic rings. The molecule has 6 N–H and O–H groups in total. The highest BCUT2D eigenvalue weighted by atomic mass is 32.2. The van der Waals surface area contributed by atoms with Gasteiger partial charge in [0.05, 0.1) is 31.7 Å². The summed E-state index contributed by atoms with van der Waals surface area (Å²) in [5, 5.41) is 49.2. The van der Waals surface area contributed by atoms with Gasteiger partial charge in [0, 0.05) is 26.2 Å². The Kier molecular flexibility index (Phi) is 8.82. The molecule has 1 fully saturated rings. The molecular formula is C12H26N2O8S. The fourth-order valence-corrected chi connectivity index (χ4v) is 3.45. The van der Waals surface area contributed by atoms with Crippen LogP contribution in [0.2, 0.25) is 0 Å². The van der Waals surface area contributed by atoms with E-state index in [1.54, 1.807) is 0 Å². The summed E-state index contributed by atoms with van der Waals surface area (Å²) in [5.41, 5.74) is 0. The van der Waals surface area contributed by atoms with E-state index in [1.165, 1.54) is 4.31 Å². The van der Waals surface area contributed by atoms with Crippen LogP contribution in [0.3, 0.4) is 0 Å². The minimum Gasteiger partial charge on any atom is -0.394 e. The van der Waals surface area contributed by atoms with E-state index in [2.05, 4.69) is 5.32 Å². The summed E-state index contributed by atoms with van der Waals surface area (Å²) in [7, 11) is -3.41. The van der Waals surface area contributed by atoms with Crippen molar-refractivity contribution in [2.24, 2.45) is 0 Å². The van der Waals surface area contributed by atoms with Gasteiger partial charge in [-0.1, -0.05) is 0 Å². The van der Waals surface area contributed by atoms with Crippen LogP contribution in [-0.4, -0.2) is 114 Å². The summed E-state index contributed by atoms with van der Waals surface area (Å²) in [6.45, 7) is 0.488. The van der Waals surface area contributed by atoms with Crippen LogP contribution in [0.1, 0.15) is 0 Å². The fraction of sp³-hybridized carbons (Fsp3) is 1.00. The van der Waals surface area contributed by atoms with Gasteiger partial charge in [0.1, 0.15) is 18.3 Å². The van der Waals surface area contributed by atoms with E-state index in [1.807, 2.05) is 0 Å². The first kappa shape index (κ1) is 20.7.